The average Bonchev–Trinajstić information content (AvgIpc) is 2.50. The van der Waals surface area contributed by atoms with Crippen LogP contribution in [0.25, 0.3) is 0 Å². The lowest BCUT2D eigenvalue weighted by Gasteiger charge is -2.13. The van der Waals surface area contributed by atoms with Crippen molar-refractivity contribution >= 4 is 15.7 Å². The molecule has 1 N–H and O–H groups in total. The first-order valence-electron chi connectivity index (χ1n) is 7.04. The van der Waals surface area contributed by atoms with Crippen molar-refractivity contribution in [2.24, 2.45) is 0 Å². The van der Waals surface area contributed by atoms with Gasteiger partial charge in [-0.15, -0.1) is 0 Å². The first kappa shape index (κ1) is 16.2. The molecule has 0 fully saturated rings. The van der Waals surface area contributed by atoms with Crippen LogP contribution in [0.5, 0.6) is 11.5 Å². The van der Waals surface area contributed by atoms with Crippen LogP contribution in [0.1, 0.15) is 13.8 Å². The van der Waals surface area contributed by atoms with E-state index in [-0.39, 0.29) is 4.90 Å². The fourth-order valence-electron chi connectivity index (χ4n) is 1.92. The smallest absolute Gasteiger partial charge is 0.262 e. The Labute approximate surface area is 130 Å². The molecule has 2 rings (SSSR count). The zero-order valence-electron chi connectivity index (χ0n) is 12.6. The third kappa shape index (κ3) is 3.92. The van der Waals surface area contributed by atoms with Crippen molar-refractivity contribution < 1.29 is 17.9 Å². The van der Waals surface area contributed by atoms with E-state index in [1.165, 1.54) is 12.1 Å². The number of sulfonamides is 1. The minimum absolute atomic E-state index is 0.169. The van der Waals surface area contributed by atoms with Crippen molar-refractivity contribution in [1.29, 1.82) is 0 Å². The summed E-state index contributed by atoms with van der Waals surface area (Å²) in [5.41, 5.74) is 0.415. The van der Waals surface area contributed by atoms with E-state index < -0.39 is 10.0 Å². The second-order valence-corrected chi connectivity index (χ2v) is 6.12. The molecule has 0 bridgehead atoms. The van der Waals surface area contributed by atoms with Crippen molar-refractivity contribution in [3.05, 3.63) is 48.5 Å². The first-order chi connectivity index (χ1) is 10.6. The number of nitrogens with one attached hydrogen (secondary N) is 1. The van der Waals surface area contributed by atoms with Gasteiger partial charge in [0.25, 0.3) is 10.0 Å². The summed E-state index contributed by atoms with van der Waals surface area (Å²) in [6.07, 6.45) is 0. The van der Waals surface area contributed by atoms with Gasteiger partial charge in [0.2, 0.25) is 0 Å². The first-order valence-corrected chi connectivity index (χ1v) is 8.52. The van der Waals surface area contributed by atoms with Crippen LogP contribution in [0, 0.1) is 0 Å². The monoisotopic (exact) mass is 321 g/mol. The molecule has 0 aromatic heterocycles. The van der Waals surface area contributed by atoms with Crippen molar-refractivity contribution in [3.8, 4) is 11.5 Å². The molecule has 6 heteroatoms. The number of anilines is 1. The summed E-state index contributed by atoms with van der Waals surface area (Å²) >= 11 is 0. The Morgan fingerprint density at radius 2 is 1.55 bits per heavy atom. The molecule has 0 aliphatic carbocycles. The molecule has 0 atom stereocenters. The number of rotatable bonds is 7. The van der Waals surface area contributed by atoms with Crippen LogP contribution in [0.2, 0.25) is 0 Å². The molecule has 5 nitrogen and oxygen atoms in total. The Balaban J connectivity index is 2.24. The van der Waals surface area contributed by atoms with Crippen LogP contribution in [0.3, 0.4) is 0 Å². The third-order valence-electron chi connectivity index (χ3n) is 2.88. The largest absolute Gasteiger partial charge is 0.494 e. The number of para-hydroxylation sites is 2. The number of hydrogen-bond donors (Lipinski definition) is 1. The summed E-state index contributed by atoms with van der Waals surface area (Å²) in [4.78, 5) is 0.169. The summed E-state index contributed by atoms with van der Waals surface area (Å²) in [7, 11) is -3.67. The zero-order valence-corrected chi connectivity index (χ0v) is 13.4. The Morgan fingerprint density at radius 3 is 2.18 bits per heavy atom. The van der Waals surface area contributed by atoms with Crippen molar-refractivity contribution in [2.45, 2.75) is 18.7 Å². The molecule has 0 aliphatic rings. The van der Waals surface area contributed by atoms with Gasteiger partial charge in [-0.05, 0) is 50.2 Å². The van der Waals surface area contributed by atoms with Crippen LogP contribution < -0.4 is 14.2 Å². The van der Waals surface area contributed by atoms with E-state index in [4.69, 9.17) is 9.47 Å². The highest BCUT2D eigenvalue weighted by atomic mass is 32.2. The predicted octanol–water partition coefficient (Wildman–Crippen LogP) is 3.28. The molecular formula is C16H19NO4S. The van der Waals surface area contributed by atoms with Gasteiger partial charge in [0, 0.05) is 0 Å². The predicted molar refractivity (Wildman–Crippen MR) is 86.0 cm³/mol. The zero-order chi connectivity index (χ0) is 16.0. The second-order valence-electron chi connectivity index (χ2n) is 4.44. The van der Waals surface area contributed by atoms with Crippen LogP contribution in [0.4, 0.5) is 5.69 Å². The van der Waals surface area contributed by atoms with E-state index in [1.807, 2.05) is 13.8 Å². The summed E-state index contributed by atoms with van der Waals surface area (Å²) in [6.45, 7) is 4.71. The fraction of sp³-hybridized carbons (Fsp3) is 0.250. The highest BCUT2D eigenvalue weighted by Crippen LogP contribution is 2.27. The van der Waals surface area contributed by atoms with Crippen LogP contribution >= 0.6 is 0 Å². The van der Waals surface area contributed by atoms with E-state index in [0.717, 1.165) is 0 Å². The molecule has 0 amide bonds. The lowest BCUT2D eigenvalue weighted by molar-refractivity contribution is 0.340. The van der Waals surface area contributed by atoms with Gasteiger partial charge in [0.05, 0.1) is 23.8 Å². The minimum atomic E-state index is -3.67. The minimum Gasteiger partial charge on any atom is -0.494 e. The van der Waals surface area contributed by atoms with E-state index >= 15 is 0 Å². The van der Waals surface area contributed by atoms with Crippen molar-refractivity contribution in [1.82, 2.24) is 0 Å². The highest BCUT2D eigenvalue weighted by molar-refractivity contribution is 7.92. The van der Waals surface area contributed by atoms with Gasteiger partial charge in [-0.1, -0.05) is 12.1 Å². The Hall–Kier alpha value is -2.21. The maximum absolute atomic E-state index is 12.4. The average molecular weight is 321 g/mol. The summed E-state index contributed by atoms with van der Waals surface area (Å²) in [5, 5.41) is 0. The molecule has 2 aromatic rings. The summed E-state index contributed by atoms with van der Waals surface area (Å²) in [5.74, 6) is 1.13. The molecule has 0 unspecified atom stereocenters. The molecule has 0 heterocycles. The topological polar surface area (TPSA) is 64.6 Å². The molecule has 2 aromatic carbocycles. The van der Waals surface area contributed by atoms with Gasteiger partial charge < -0.3 is 9.47 Å². The third-order valence-corrected chi connectivity index (χ3v) is 4.26. The quantitative estimate of drug-likeness (QED) is 0.850. The molecule has 0 spiro atoms. The van der Waals surface area contributed by atoms with Crippen LogP contribution in [-0.4, -0.2) is 21.6 Å². The standard InChI is InChI=1S/C16H19NO4S/c1-3-20-13-9-11-14(12-10-13)22(18,19)17-15-7-5-6-8-16(15)21-4-2/h5-12,17H,3-4H2,1-2H3. The van der Waals surface area contributed by atoms with Gasteiger partial charge in [-0.3, -0.25) is 4.72 Å². The summed E-state index contributed by atoms with van der Waals surface area (Å²) in [6, 6.07) is 13.2. The van der Waals surface area contributed by atoms with Crippen LogP contribution in [0.15, 0.2) is 53.4 Å². The SMILES string of the molecule is CCOc1ccc(S(=O)(=O)Nc2ccccc2OCC)cc1. The molecule has 0 saturated heterocycles. The number of hydrogen-bond acceptors (Lipinski definition) is 4. The lowest BCUT2D eigenvalue weighted by atomic mass is 10.3. The fourth-order valence-corrected chi connectivity index (χ4v) is 2.99. The molecular weight excluding hydrogens is 302 g/mol. The number of ether oxygens (including phenoxy) is 2. The maximum Gasteiger partial charge on any atom is 0.262 e. The van der Waals surface area contributed by atoms with Gasteiger partial charge in [-0.2, -0.15) is 0 Å². The molecule has 118 valence electrons. The molecule has 22 heavy (non-hydrogen) atoms. The Morgan fingerprint density at radius 1 is 0.909 bits per heavy atom. The molecule has 0 saturated carbocycles. The lowest BCUT2D eigenvalue weighted by Crippen LogP contribution is -2.13. The van der Waals surface area contributed by atoms with E-state index in [0.29, 0.717) is 30.4 Å². The summed E-state index contributed by atoms with van der Waals surface area (Å²) < 4.78 is 38.1. The van der Waals surface area contributed by atoms with E-state index in [2.05, 4.69) is 4.72 Å². The Bertz CT molecular complexity index is 711. The Kier molecular flexibility index (Phi) is 5.27. The maximum atomic E-state index is 12.4. The number of benzene rings is 2. The van der Waals surface area contributed by atoms with E-state index in [9.17, 15) is 8.42 Å². The second kappa shape index (κ2) is 7.17. The van der Waals surface area contributed by atoms with Crippen molar-refractivity contribution in [3.63, 3.8) is 0 Å². The van der Waals surface area contributed by atoms with Crippen LogP contribution in [-0.2, 0) is 10.0 Å². The van der Waals surface area contributed by atoms with E-state index in [1.54, 1.807) is 36.4 Å². The van der Waals surface area contributed by atoms with Gasteiger partial charge >= 0.3 is 0 Å². The van der Waals surface area contributed by atoms with Gasteiger partial charge in [0.15, 0.2) is 0 Å². The van der Waals surface area contributed by atoms with Gasteiger partial charge in [0.1, 0.15) is 11.5 Å². The van der Waals surface area contributed by atoms with Gasteiger partial charge in [-0.25, -0.2) is 8.42 Å². The molecule has 0 aliphatic heterocycles. The van der Waals surface area contributed by atoms with Crippen molar-refractivity contribution in [2.75, 3.05) is 17.9 Å². The normalized spacial score (nSPS) is 11.0. The highest BCUT2D eigenvalue weighted by Gasteiger charge is 2.16. The molecule has 0 radical (unpaired) electrons.